The molecule has 0 bridgehead atoms. The Morgan fingerprint density at radius 3 is 1.46 bits per heavy atom. The van der Waals surface area contributed by atoms with E-state index in [4.69, 9.17) is 9.47 Å². The molecule has 0 saturated heterocycles. The van der Waals surface area contributed by atoms with Crippen LogP contribution in [0.1, 0.15) is 16.7 Å². The van der Waals surface area contributed by atoms with E-state index in [9.17, 15) is 13.9 Å². The second kappa shape index (κ2) is 9.33. The van der Waals surface area contributed by atoms with Crippen LogP contribution in [0.4, 0.5) is 8.78 Å². The van der Waals surface area contributed by atoms with Gasteiger partial charge in [-0.3, -0.25) is 0 Å². The van der Waals surface area contributed by atoms with Gasteiger partial charge in [-0.2, -0.15) is 0 Å². The van der Waals surface area contributed by atoms with Crippen LogP contribution in [0, 0.1) is 0 Å². The van der Waals surface area contributed by atoms with Gasteiger partial charge in [-0.05, 0) is 23.3 Å². The summed E-state index contributed by atoms with van der Waals surface area (Å²) in [6.45, 7) is -1.69. The highest BCUT2D eigenvalue weighted by Gasteiger charge is 2.39. The van der Waals surface area contributed by atoms with Crippen molar-refractivity contribution in [2.45, 2.75) is 5.60 Å². The number of hydrogen-bond acceptors (Lipinski definition) is 3. The molecule has 0 heterocycles. The van der Waals surface area contributed by atoms with Crippen molar-refractivity contribution in [3.8, 4) is 11.5 Å². The largest absolute Gasteiger partial charge is 0.490 e. The van der Waals surface area contributed by atoms with Crippen LogP contribution in [0.3, 0.4) is 0 Å². The first-order chi connectivity index (χ1) is 13.7. The van der Waals surface area contributed by atoms with Crippen molar-refractivity contribution in [1.82, 2.24) is 0 Å². The lowest BCUT2D eigenvalue weighted by Gasteiger charge is -2.33. The maximum Gasteiger partial charge on any atom is 0.147 e. The van der Waals surface area contributed by atoms with E-state index in [-0.39, 0.29) is 24.7 Å². The van der Waals surface area contributed by atoms with Gasteiger partial charge >= 0.3 is 0 Å². The van der Waals surface area contributed by atoms with Crippen LogP contribution in [0.5, 0.6) is 11.5 Å². The molecule has 0 aromatic heterocycles. The highest BCUT2D eigenvalue weighted by molar-refractivity contribution is 5.58. The molecular formula is C23H22F2O3. The van der Waals surface area contributed by atoms with Crippen LogP contribution in [0.2, 0.25) is 0 Å². The fourth-order valence-electron chi connectivity index (χ4n) is 3.22. The van der Waals surface area contributed by atoms with Gasteiger partial charge in [-0.25, -0.2) is 8.78 Å². The first kappa shape index (κ1) is 19.8. The predicted octanol–water partition coefficient (Wildman–Crippen LogP) is 4.67. The van der Waals surface area contributed by atoms with Crippen molar-refractivity contribution >= 4 is 0 Å². The Hall–Kier alpha value is -2.92. The molecule has 3 rings (SSSR count). The van der Waals surface area contributed by atoms with Crippen LogP contribution >= 0.6 is 0 Å². The molecule has 1 N–H and O–H groups in total. The molecule has 0 amide bonds. The topological polar surface area (TPSA) is 38.7 Å². The highest BCUT2D eigenvalue weighted by Crippen LogP contribution is 2.45. The van der Waals surface area contributed by atoms with Crippen molar-refractivity contribution < 1.29 is 23.4 Å². The van der Waals surface area contributed by atoms with E-state index >= 15 is 0 Å². The Kier molecular flexibility index (Phi) is 6.61. The van der Waals surface area contributed by atoms with Gasteiger partial charge in [-0.15, -0.1) is 0 Å². The van der Waals surface area contributed by atoms with E-state index in [0.29, 0.717) is 16.7 Å². The molecule has 0 saturated carbocycles. The zero-order valence-corrected chi connectivity index (χ0v) is 15.4. The number of benzene rings is 3. The third-order valence-corrected chi connectivity index (χ3v) is 4.40. The van der Waals surface area contributed by atoms with Crippen LogP contribution in [-0.2, 0) is 5.60 Å². The van der Waals surface area contributed by atoms with Gasteiger partial charge in [0.25, 0.3) is 0 Å². The maximum atomic E-state index is 12.8. The second-order valence-electron chi connectivity index (χ2n) is 6.15. The molecule has 0 fully saturated rings. The fourth-order valence-corrected chi connectivity index (χ4v) is 3.22. The van der Waals surface area contributed by atoms with Crippen molar-refractivity contribution in [3.63, 3.8) is 0 Å². The minimum Gasteiger partial charge on any atom is -0.490 e. The summed E-state index contributed by atoms with van der Waals surface area (Å²) >= 11 is 0. The van der Waals surface area contributed by atoms with Crippen molar-refractivity contribution in [3.05, 3.63) is 95.6 Å². The van der Waals surface area contributed by atoms with Crippen LogP contribution in [0.25, 0.3) is 0 Å². The summed E-state index contributed by atoms with van der Waals surface area (Å²) in [5, 5.41) is 12.0. The molecule has 146 valence electrons. The van der Waals surface area contributed by atoms with E-state index in [1.54, 1.807) is 42.5 Å². The number of halogens is 2. The number of alkyl halides is 2. The van der Waals surface area contributed by atoms with E-state index in [0.717, 1.165) is 0 Å². The molecule has 0 unspecified atom stereocenters. The third-order valence-electron chi connectivity index (χ3n) is 4.40. The van der Waals surface area contributed by atoms with Crippen LogP contribution in [-0.4, -0.2) is 31.7 Å². The number of aliphatic hydroxyl groups is 1. The lowest BCUT2D eigenvalue weighted by Crippen LogP contribution is -2.30. The molecule has 0 spiro atoms. The Morgan fingerprint density at radius 1 is 0.643 bits per heavy atom. The van der Waals surface area contributed by atoms with Gasteiger partial charge in [-0.1, -0.05) is 66.7 Å². The number of ether oxygens (including phenoxy) is 2. The van der Waals surface area contributed by atoms with Crippen molar-refractivity contribution in [1.29, 1.82) is 0 Å². The molecule has 0 aliphatic carbocycles. The molecule has 0 atom stereocenters. The van der Waals surface area contributed by atoms with Crippen molar-refractivity contribution in [2.75, 3.05) is 26.6 Å². The quantitative estimate of drug-likeness (QED) is 0.545. The SMILES string of the molecule is OC(c1ccccc1)(c1ccccc1)c1c(OCCF)cccc1OCCF. The lowest BCUT2D eigenvalue weighted by atomic mass is 9.79. The van der Waals surface area contributed by atoms with Gasteiger partial charge in [0.05, 0.1) is 5.56 Å². The molecule has 28 heavy (non-hydrogen) atoms. The zero-order valence-electron chi connectivity index (χ0n) is 15.4. The summed E-state index contributed by atoms with van der Waals surface area (Å²) < 4.78 is 36.8. The third kappa shape index (κ3) is 3.99. The summed E-state index contributed by atoms with van der Waals surface area (Å²) in [5.41, 5.74) is -0.152. The van der Waals surface area contributed by atoms with Gasteiger partial charge < -0.3 is 14.6 Å². The average molecular weight is 384 g/mol. The zero-order chi connectivity index (χ0) is 19.8. The molecule has 3 nitrogen and oxygen atoms in total. The Morgan fingerprint density at radius 2 is 1.07 bits per heavy atom. The molecule has 0 radical (unpaired) electrons. The summed E-state index contributed by atoms with van der Waals surface area (Å²) in [6, 6.07) is 23.1. The monoisotopic (exact) mass is 384 g/mol. The van der Waals surface area contributed by atoms with Crippen LogP contribution in [0.15, 0.2) is 78.9 Å². The molecule has 0 aliphatic heterocycles. The van der Waals surface area contributed by atoms with E-state index in [1.165, 1.54) is 0 Å². The van der Waals surface area contributed by atoms with Gasteiger partial charge in [0.15, 0.2) is 0 Å². The van der Waals surface area contributed by atoms with Gasteiger partial charge in [0, 0.05) is 0 Å². The summed E-state index contributed by atoms with van der Waals surface area (Å²) in [7, 11) is 0. The molecule has 3 aromatic rings. The Balaban J connectivity index is 2.27. The molecule has 3 aromatic carbocycles. The van der Waals surface area contributed by atoms with Crippen molar-refractivity contribution in [2.24, 2.45) is 0 Å². The summed E-state index contributed by atoms with van der Waals surface area (Å²) in [5.74, 6) is 0.563. The fraction of sp³-hybridized carbons (Fsp3) is 0.217. The Bertz CT molecular complexity index is 804. The molecule has 5 heteroatoms. The first-order valence-corrected chi connectivity index (χ1v) is 9.06. The molecule has 0 aliphatic rings. The van der Waals surface area contributed by atoms with E-state index < -0.39 is 19.0 Å². The standard InChI is InChI=1S/C23H22F2O3/c24-14-16-27-20-12-7-13-21(28-17-15-25)22(20)23(26,18-8-3-1-4-9-18)19-10-5-2-6-11-19/h1-13,26H,14-17H2. The minimum atomic E-state index is -1.64. The predicted molar refractivity (Wildman–Crippen MR) is 104 cm³/mol. The average Bonchev–Trinajstić information content (AvgIpc) is 2.77. The van der Waals surface area contributed by atoms with E-state index in [2.05, 4.69) is 0 Å². The molecular weight excluding hydrogens is 362 g/mol. The Labute approximate surface area is 163 Å². The minimum absolute atomic E-state index is 0.167. The highest BCUT2D eigenvalue weighted by atomic mass is 19.1. The smallest absolute Gasteiger partial charge is 0.147 e. The van der Waals surface area contributed by atoms with Crippen LogP contribution < -0.4 is 9.47 Å². The number of rotatable bonds is 9. The lowest BCUT2D eigenvalue weighted by molar-refractivity contribution is 0.114. The normalized spacial score (nSPS) is 11.2. The van der Waals surface area contributed by atoms with Gasteiger partial charge in [0.2, 0.25) is 0 Å². The van der Waals surface area contributed by atoms with E-state index in [1.807, 2.05) is 36.4 Å². The number of hydrogen-bond donors (Lipinski definition) is 1. The first-order valence-electron chi connectivity index (χ1n) is 9.06. The maximum absolute atomic E-state index is 12.8. The summed E-state index contributed by atoms with van der Waals surface area (Å²) in [6.07, 6.45) is 0. The van der Waals surface area contributed by atoms with Gasteiger partial charge in [0.1, 0.15) is 43.7 Å². The summed E-state index contributed by atoms with van der Waals surface area (Å²) in [4.78, 5) is 0. The second-order valence-corrected chi connectivity index (χ2v) is 6.15.